The van der Waals surface area contributed by atoms with Crippen LogP contribution in [0.4, 0.5) is 0 Å². The van der Waals surface area contributed by atoms with Crippen molar-refractivity contribution in [2.24, 2.45) is 5.92 Å². The number of carbonyl (C=O) groups excluding carboxylic acids is 1. The van der Waals surface area contributed by atoms with Crippen LogP contribution in [0, 0.1) is 5.92 Å². The maximum absolute atomic E-state index is 12.5. The number of carbonyl (C=O) groups is 1. The van der Waals surface area contributed by atoms with Gasteiger partial charge in [-0.15, -0.1) is 0 Å². The summed E-state index contributed by atoms with van der Waals surface area (Å²) in [4.78, 5) is 12.5. The van der Waals surface area contributed by atoms with E-state index in [0.717, 1.165) is 11.3 Å². The number of hydrogen-bond acceptors (Lipinski definition) is 3. The van der Waals surface area contributed by atoms with E-state index in [4.69, 9.17) is 9.47 Å². The van der Waals surface area contributed by atoms with E-state index in [1.54, 1.807) is 0 Å². The van der Waals surface area contributed by atoms with Crippen LogP contribution in [-0.4, -0.2) is 19.1 Å². The lowest BCUT2D eigenvalue weighted by Gasteiger charge is -2.24. The summed E-state index contributed by atoms with van der Waals surface area (Å²) in [5.41, 5.74) is 1.66. The fraction of sp³-hybridized carbons (Fsp3) is 0.381. The maximum Gasteiger partial charge on any atom is 0.251 e. The van der Waals surface area contributed by atoms with Crippen LogP contribution >= 0.6 is 0 Å². The first-order valence-corrected chi connectivity index (χ1v) is 8.82. The fourth-order valence-electron chi connectivity index (χ4n) is 2.71. The third-order valence-corrected chi connectivity index (χ3v) is 3.92. The highest BCUT2D eigenvalue weighted by Crippen LogP contribution is 2.33. The standard InChI is InChI=1S/C21H27NO3/c1-5-24-18-13-12-17(14-19(18)25-6-2)20(15(3)4)22-21(23)16-10-8-7-9-11-16/h7-15,20H,5-6H2,1-4H3,(H,22,23). The van der Waals surface area contributed by atoms with Gasteiger partial charge in [-0.25, -0.2) is 0 Å². The lowest BCUT2D eigenvalue weighted by molar-refractivity contribution is 0.0925. The summed E-state index contributed by atoms with van der Waals surface area (Å²) in [6.45, 7) is 9.21. The Balaban J connectivity index is 2.27. The van der Waals surface area contributed by atoms with Crippen LogP contribution in [0.15, 0.2) is 48.5 Å². The Morgan fingerprint density at radius 1 is 0.960 bits per heavy atom. The Bertz CT molecular complexity index is 683. The topological polar surface area (TPSA) is 47.6 Å². The normalized spacial score (nSPS) is 11.9. The van der Waals surface area contributed by atoms with Gasteiger partial charge in [-0.1, -0.05) is 38.1 Å². The molecule has 2 rings (SSSR count). The molecule has 2 aromatic rings. The quantitative estimate of drug-likeness (QED) is 0.762. The molecule has 0 saturated carbocycles. The number of nitrogens with one attached hydrogen (secondary N) is 1. The third kappa shape index (κ3) is 4.99. The second-order valence-corrected chi connectivity index (χ2v) is 6.13. The van der Waals surface area contributed by atoms with Crippen LogP contribution < -0.4 is 14.8 Å². The molecule has 0 fully saturated rings. The van der Waals surface area contributed by atoms with Crippen LogP contribution in [0.3, 0.4) is 0 Å². The average molecular weight is 341 g/mol. The first-order valence-electron chi connectivity index (χ1n) is 8.82. The molecule has 0 aliphatic carbocycles. The van der Waals surface area contributed by atoms with Gasteiger partial charge in [0.25, 0.3) is 5.91 Å². The molecular formula is C21H27NO3. The van der Waals surface area contributed by atoms with Gasteiger partial charge in [0.1, 0.15) is 0 Å². The molecule has 0 aromatic heterocycles. The van der Waals surface area contributed by atoms with E-state index >= 15 is 0 Å². The summed E-state index contributed by atoms with van der Waals surface area (Å²) in [5.74, 6) is 1.60. The predicted octanol–water partition coefficient (Wildman–Crippen LogP) is 4.61. The monoisotopic (exact) mass is 341 g/mol. The molecule has 1 atom stereocenters. The zero-order valence-electron chi connectivity index (χ0n) is 15.4. The van der Waals surface area contributed by atoms with Gasteiger partial charge >= 0.3 is 0 Å². The Labute approximate surface area is 150 Å². The Hall–Kier alpha value is -2.49. The second-order valence-electron chi connectivity index (χ2n) is 6.13. The summed E-state index contributed by atoms with van der Waals surface area (Å²) >= 11 is 0. The van der Waals surface area contributed by atoms with E-state index in [9.17, 15) is 4.79 Å². The van der Waals surface area contributed by atoms with E-state index < -0.39 is 0 Å². The highest BCUT2D eigenvalue weighted by molar-refractivity contribution is 5.94. The molecule has 0 saturated heterocycles. The van der Waals surface area contributed by atoms with Crippen LogP contribution in [-0.2, 0) is 0 Å². The molecule has 4 nitrogen and oxygen atoms in total. The molecule has 1 unspecified atom stereocenters. The van der Waals surface area contributed by atoms with Gasteiger partial charge in [0.15, 0.2) is 11.5 Å². The molecule has 134 valence electrons. The minimum Gasteiger partial charge on any atom is -0.490 e. The van der Waals surface area contributed by atoms with Crippen molar-refractivity contribution in [2.75, 3.05) is 13.2 Å². The first kappa shape index (κ1) is 18.8. The van der Waals surface area contributed by atoms with E-state index in [-0.39, 0.29) is 17.9 Å². The first-order chi connectivity index (χ1) is 12.1. The molecule has 0 spiro atoms. The van der Waals surface area contributed by atoms with Crippen LogP contribution in [0.1, 0.15) is 49.7 Å². The SMILES string of the molecule is CCOc1ccc(C(NC(=O)c2ccccc2)C(C)C)cc1OCC. The highest BCUT2D eigenvalue weighted by Gasteiger charge is 2.21. The number of benzene rings is 2. The molecule has 0 bridgehead atoms. The van der Waals surface area contributed by atoms with Gasteiger partial charge in [0.2, 0.25) is 0 Å². The third-order valence-electron chi connectivity index (χ3n) is 3.92. The number of ether oxygens (including phenoxy) is 2. The van der Waals surface area contributed by atoms with E-state index in [2.05, 4.69) is 19.2 Å². The Kier molecular flexibility index (Phi) is 6.87. The van der Waals surface area contributed by atoms with Gasteiger partial charge < -0.3 is 14.8 Å². The smallest absolute Gasteiger partial charge is 0.251 e. The zero-order valence-corrected chi connectivity index (χ0v) is 15.4. The Morgan fingerprint density at radius 2 is 1.60 bits per heavy atom. The molecule has 1 amide bonds. The van der Waals surface area contributed by atoms with Crippen molar-refractivity contribution in [1.82, 2.24) is 5.32 Å². The number of hydrogen-bond donors (Lipinski definition) is 1. The van der Waals surface area contributed by atoms with E-state index in [1.807, 2.05) is 62.4 Å². The molecule has 4 heteroatoms. The van der Waals surface area contributed by atoms with Crippen molar-refractivity contribution < 1.29 is 14.3 Å². The summed E-state index contributed by atoms with van der Waals surface area (Å²) in [7, 11) is 0. The molecule has 0 radical (unpaired) electrons. The summed E-state index contributed by atoms with van der Waals surface area (Å²) in [6, 6.07) is 15.0. The van der Waals surface area contributed by atoms with Gasteiger partial charge in [-0.05, 0) is 49.6 Å². The van der Waals surface area contributed by atoms with Gasteiger partial charge in [-0.2, -0.15) is 0 Å². The summed E-state index contributed by atoms with van der Waals surface area (Å²) in [5, 5.41) is 3.13. The zero-order chi connectivity index (χ0) is 18.2. The van der Waals surface area contributed by atoms with E-state index in [0.29, 0.717) is 24.5 Å². The minimum atomic E-state index is -0.109. The number of amides is 1. The maximum atomic E-state index is 12.5. The van der Waals surface area contributed by atoms with Crippen LogP contribution in [0.2, 0.25) is 0 Å². The van der Waals surface area contributed by atoms with Crippen molar-refractivity contribution in [3.05, 3.63) is 59.7 Å². The lowest BCUT2D eigenvalue weighted by Crippen LogP contribution is -2.31. The predicted molar refractivity (Wildman–Crippen MR) is 100 cm³/mol. The van der Waals surface area contributed by atoms with Gasteiger partial charge in [0, 0.05) is 5.56 Å². The highest BCUT2D eigenvalue weighted by atomic mass is 16.5. The number of rotatable bonds is 8. The molecular weight excluding hydrogens is 314 g/mol. The fourth-order valence-corrected chi connectivity index (χ4v) is 2.71. The van der Waals surface area contributed by atoms with Crippen LogP contribution in [0.25, 0.3) is 0 Å². The summed E-state index contributed by atoms with van der Waals surface area (Å²) in [6.07, 6.45) is 0. The minimum absolute atomic E-state index is 0.0776. The van der Waals surface area contributed by atoms with Crippen molar-refractivity contribution in [1.29, 1.82) is 0 Å². The van der Waals surface area contributed by atoms with Crippen molar-refractivity contribution in [3.8, 4) is 11.5 Å². The molecule has 25 heavy (non-hydrogen) atoms. The van der Waals surface area contributed by atoms with Gasteiger partial charge in [-0.3, -0.25) is 4.79 Å². The van der Waals surface area contributed by atoms with Crippen LogP contribution in [0.5, 0.6) is 11.5 Å². The molecule has 0 aliphatic rings. The molecule has 0 heterocycles. The second kappa shape index (κ2) is 9.11. The Morgan fingerprint density at radius 3 is 2.20 bits per heavy atom. The van der Waals surface area contributed by atoms with Crippen molar-refractivity contribution >= 4 is 5.91 Å². The molecule has 1 N–H and O–H groups in total. The van der Waals surface area contributed by atoms with E-state index in [1.165, 1.54) is 0 Å². The van der Waals surface area contributed by atoms with Gasteiger partial charge in [0.05, 0.1) is 19.3 Å². The van der Waals surface area contributed by atoms with Crippen molar-refractivity contribution in [2.45, 2.75) is 33.7 Å². The van der Waals surface area contributed by atoms with Crippen molar-refractivity contribution in [3.63, 3.8) is 0 Å². The lowest BCUT2D eigenvalue weighted by atomic mass is 9.95. The summed E-state index contributed by atoms with van der Waals surface area (Å²) < 4.78 is 11.3. The molecule has 0 aliphatic heterocycles. The molecule has 2 aromatic carbocycles. The average Bonchev–Trinajstić information content (AvgIpc) is 2.62. The largest absolute Gasteiger partial charge is 0.490 e.